The minimum Gasteiger partial charge on any atom is -0.138 e. The molecule has 0 bridgehead atoms. The van der Waals surface area contributed by atoms with Crippen molar-refractivity contribution in [2.45, 2.75) is 6.92 Å². The van der Waals surface area contributed by atoms with Crippen LogP contribution in [0.1, 0.15) is 6.92 Å². The lowest BCUT2D eigenvalue weighted by atomic mass is 10.3. The van der Waals surface area contributed by atoms with E-state index in [-0.39, 0.29) is 0 Å². The standard InChI is InChI=1S/C8H12S/c1-8(2)6-4-5-7-9-3/h4-7H,1H2,2-3H3/b6-4-,7-5+. The summed E-state index contributed by atoms with van der Waals surface area (Å²) in [5, 5.41) is 2.03. The van der Waals surface area contributed by atoms with Gasteiger partial charge in [-0.3, -0.25) is 0 Å². The molecule has 0 atom stereocenters. The van der Waals surface area contributed by atoms with Gasteiger partial charge in [-0.2, -0.15) is 0 Å². The summed E-state index contributed by atoms with van der Waals surface area (Å²) < 4.78 is 0. The van der Waals surface area contributed by atoms with Crippen LogP contribution in [-0.2, 0) is 0 Å². The van der Waals surface area contributed by atoms with E-state index in [9.17, 15) is 0 Å². The zero-order valence-electron chi connectivity index (χ0n) is 5.92. The van der Waals surface area contributed by atoms with Crippen LogP contribution in [-0.4, -0.2) is 6.26 Å². The number of rotatable bonds is 3. The average molecular weight is 140 g/mol. The number of hydrogen-bond acceptors (Lipinski definition) is 1. The van der Waals surface area contributed by atoms with Gasteiger partial charge in [0.1, 0.15) is 0 Å². The fraction of sp³-hybridized carbons (Fsp3) is 0.250. The molecule has 0 aliphatic carbocycles. The zero-order valence-corrected chi connectivity index (χ0v) is 6.74. The highest BCUT2D eigenvalue weighted by Crippen LogP contribution is 1.94. The van der Waals surface area contributed by atoms with E-state index < -0.39 is 0 Å². The van der Waals surface area contributed by atoms with Gasteiger partial charge < -0.3 is 0 Å². The Morgan fingerprint density at radius 2 is 2.11 bits per heavy atom. The Hall–Kier alpha value is -0.430. The third-order valence-corrected chi connectivity index (χ3v) is 1.14. The fourth-order valence-electron chi connectivity index (χ4n) is 0.344. The van der Waals surface area contributed by atoms with Crippen molar-refractivity contribution in [1.82, 2.24) is 0 Å². The molecule has 0 N–H and O–H groups in total. The topological polar surface area (TPSA) is 0 Å². The van der Waals surface area contributed by atoms with E-state index >= 15 is 0 Å². The maximum absolute atomic E-state index is 3.73. The van der Waals surface area contributed by atoms with Crippen LogP contribution < -0.4 is 0 Å². The maximum Gasteiger partial charge on any atom is -0.0142 e. The highest BCUT2D eigenvalue weighted by molar-refractivity contribution is 8.01. The first-order chi connectivity index (χ1) is 4.27. The van der Waals surface area contributed by atoms with Gasteiger partial charge in [0.2, 0.25) is 0 Å². The summed E-state index contributed by atoms with van der Waals surface area (Å²) in [5.74, 6) is 0. The molecule has 0 spiro atoms. The molecule has 0 aliphatic heterocycles. The largest absolute Gasteiger partial charge is 0.138 e. The average Bonchev–Trinajstić information content (AvgIpc) is 1.80. The second kappa shape index (κ2) is 5.70. The van der Waals surface area contributed by atoms with Gasteiger partial charge in [-0.05, 0) is 18.6 Å². The Labute approximate surface area is 61.3 Å². The normalized spacial score (nSPS) is 11.3. The number of allylic oxidation sites excluding steroid dienone is 4. The monoisotopic (exact) mass is 140 g/mol. The Balaban J connectivity index is 3.47. The summed E-state index contributed by atoms with van der Waals surface area (Å²) in [5.41, 5.74) is 1.08. The first kappa shape index (κ1) is 8.57. The lowest BCUT2D eigenvalue weighted by Crippen LogP contribution is -1.57. The molecule has 0 aromatic rings. The van der Waals surface area contributed by atoms with Gasteiger partial charge in [0.05, 0.1) is 0 Å². The molecule has 0 unspecified atom stereocenters. The quantitative estimate of drug-likeness (QED) is 0.543. The van der Waals surface area contributed by atoms with Crippen LogP contribution in [0, 0.1) is 0 Å². The van der Waals surface area contributed by atoms with Crippen LogP contribution in [0.25, 0.3) is 0 Å². The molecule has 0 nitrogen and oxygen atoms in total. The van der Waals surface area contributed by atoms with E-state index in [1.807, 2.05) is 36.8 Å². The summed E-state index contributed by atoms with van der Waals surface area (Å²) in [4.78, 5) is 0. The van der Waals surface area contributed by atoms with Gasteiger partial charge in [0.15, 0.2) is 0 Å². The van der Waals surface area contributed by atoms with Crippen molar-refractivity contribution in [2.24, 2.45) is 0 Å². The molecule has 0 aromatic heterocycles. The second-order valence-electron chi connectivity index (χ2n) is 1.77. The molecule has 1 heteroatoms. The van der Waals surface area contributed by atoms with Crippen molar-refractivity contribution in [3.63, 3.8) is 0 Å². The summed E-state index contributed by atoms with van der Waals surface area (Å²) in [6.45, 7) is 5.70. The highest BCUT2D eigenvalue weighted by Gasteiger charge is 1.68. The molecule has 50 valence electrons. The molecule has 9 heavy (non-hydrogen) atoms. The van der Waals surface area contributed by atoms with Crippen molar-refractivity contribution >= 4 is 11.8 Å². The van der Waals surface area contributed by atoms with Crippen molar-refractivity contribution < 1.29 is 0 Å². The Kier molecular flexibility index (Phi) is 5.43. The third kappa shape index (κ3) is 7.57. The van der Waals surface area contributed by atoms with Crippen LogP contribution in [0.2, 0.25) is 0 Å². The van der Waals surface area contributed by atoms with Crippen LogP contribution in [0.5, 0.6) is 0 Å². The van der Waals surface area contributed by atoms with Crippen molar-refractivity contribution in [3.05, 3.63) is 35.8 Å². The number of hydrogen-bond donors (Lipinski definition) is 0. The molecule has 0 saturated heterocycles. The fourth-order valence-corrected chi connectivity index (χ4v) is 0.592. The van der Waals surface area contributed by atoms with Crippen LogP contribution in [0.15, 0.2) is 35.8 Å². The van der Waals surface area contributed by atoms with Gasteiger partial charge in [0, 0.05) is 0 Å². The molecule has 0 aliphatic rings. The smallest absolute Gasteiger partial charge is 0.0142 e. The van der Waals surface area contributed by atoms with E-state index in [1.54, 1.807) is 11.8 Å². The summed E-state index contributed by atoms with van der Waals surface area (Å²) in [6, 6.07) is 0. The van der Waals surface area contributed by atoms with Gasteiger partial charge in [-0.25, -0.2) is 0 Å². The third-order valence-electron chi connectivity index (χ3n) is 0.707. The van der Waals surface area contributed by atoms with Crippen LogP contribution in [0.4, 0.5) is 0 Å². The van der Waals surface area contributed by atoms with Crippen molar-refractivity contribution in [1.29, 1.82) is 0 Å². The van der Waals surface area contributed by atoms with Gasteiger partial charge in [-0.15, -0.1) is 11.8 Å². The van der Waals surface area contributed by atoms with E-state index in [1.165, 1.54) is 0 Å². The van der Waals surface area contributed by atoms with E-state index in [0.717, 1.165) is 5.57 Å². The molecular formula is C8H12S. The predicted octanol–water partition coefficient (Wildman–Crippen LogP) is 3.00. The first-order valence-electron chi connectivity index (χ1n) is 2.79. The molecule has 0 radical (unpaired) electrons. The van der Waals surface area contributed by atoms with E-state index in [0.29, 0.717) is 0 Å². The highest BCUT2D eigenvalue weighted by atomic mass is 32.2. The molecular weight excluding hydrogens is 128 g/mol. The molecule has 0 rings (SSSR count). The molecule has 0 saturated carbocycles. The molecule has 0 heterocycles. The first-order valence-corrected chi connectivity index (χ1v) is 4.07. The van der Waals surface area contributed by atoms with Crippen molar-refractivity contribution in [3.8, 4) is 0 Å². The summed E-state index contributed by atoms with van der Waals surface area (Å²) in [7, 11) is 0. The Morgan fingerprint density at radius 1 is 1.44 bits per heavy atom. The van der Waals surface area contributed by atoms with Gasteiger partial charge in [-0.1, -0.05) is 30.4 Å². The zero-order chi connectivity index (χ0) is 7.11. The van der Waals surface area contributed by atoms with Gasteiger partial charge >= 0.3 is 0 Å². The van der Waals surface area contributed by atoms with Crippen molar-refractivity contribution in [2.75, 3.05) is 6.26 Å². The SMILES string of the molecule is C=C(C)/C=C\C=C\SC. The van der Waals surface area contributed by atoms with Crippen LogP contribution >= 0.6 is 11.8 Å². The lowest BCUT2D eigenvalue weighted by Gasteiger charge is -1.79. The maximum atomic E-state index is 3.73. The lowest BCUT2D eigenvalue weighted by molar-refractivity contribution is 1.56. The molecule has 0 fully saturated rings. The van der Waals surface area contributed by atoms with Gasteiger partial charge in [0.25, 0.3) is 0 Å². The minimum absolute atomic E-state index is 1.08. The van der Waals surface area contributed by atoms with E-state index in [4.69, 9.17) is 0 Å². The minimum atomic E-state index is 1.08. The molecule has 0 amide bonds. The second-order valence-corrected chi connectivity index (χ2v) is 2.51. The number of thioether (sulfide) groups is 1. The molecule has 0 aromatic carbocycles. The Morgan fingerprint density at radius 3 is 2.56 bits per heavy atom. The predicted molar refractivity (Wildman–Crippen MR) is 46.6 cm³/mol. The van der Waals surface area contributed by atoms with Crippen LogP contribution in [0.3, 0.4) is 0 Å². The summed E-state index contributed by atoms with van der Waals surface area (Å²) >= 11 is 1.69. The van der Waals surface area contributed by atoms with E-state index in [2.05, 4.69) is 6.58 Å². The summed E-state index contributed by atoms with van der Waals surface area (Å²) in [6.07, 6.45) is 8.00. The Bertz CT molecular complexity index is 132.